The first-order valence-corrected chi connectivity index (χ1v) is 10.3. The molecular formula is C22H27N5O5. The fourth-order valence-corrected chi connectivity index (χ4v) is 3.41. The molecule has 2 aromatic rings. The number of amides is 4. The maximum absolute atomic E-state index is 12.9. The molecule has 2 N–H and O–H groups in total. The number of imide groups is 1. The van der Waals surface area contributed by atoms with Crippen molar-refractivity contribution in [1.82, 2.24) is 25.7 Å². The van der Waals surface area contributed by atoms with Gasteiger partial charge in [-0.1, -0.05) is 43.7 Å². The van der Waals surface area contributed by atoms with E-state index in [2.05, 4.69) is 20.8 Å². The monoisotopic (exact) mass is 441 g/mol. The number of carbonyl (C=O) groups is 4. The lowest BCUT2D eigenvalue weighted by Crippen LogP contribution is -2.49. The third-order valence-corrected chi connectivity index (χ3v) is 5.13. The van der Waals surface area contributed by atoms with E-state index in [0.717, 1.165) is 16.0 Å². The zero-order valence-electron chi connectivity index (χ0n) is 18.8. The second-order valence-corrected chi connectivity index (χ2v) is 8.77. The van der Waals surface area contributed by atoms with Crippen molar-refractivity contribution in [3.05, 3.63) is 47.2 Å². The summed E-state index contributed by atoms with van der Waals surface area (Å²) in [6.45, 7) is 8.09. The van der Waals surface area contributed by atoms with Crippen LogP contribution in [0.15, 0.2) is 28.7 Å². The predicted octanol–water partition coefficient (Wildman–Crippen LogP) is 1.62. The molecule has 3 rings (SSSR count). The summed E-state index contributed by atoms with van der Waals surface area (Å²) in [6, 6.07) is 6.20. The number of nitrogens with zero attached hydrogens (tertiary/aromatic N) is 3. The van der Waals surface area contributed by atoms with Crippen LogP contribution < -0.4 is 10.6 Å². The molecule has 0 saturated carbocycles. The van der Waals surface area contributed by atoms with Gasteiger partial charge in [0, 0.05) is 0 Å². The number of benzene rings is 1. The highest BCUT2D eigenvalue weighted by Gasteiger charge is 2.45. The number of aromatic nitrogens is 2. The van der Waals surface area contributed by atoms with Gasteiger partial charge in [0.1, 0.15) is 12.1 Å². The number of Topliss-reactive ketones (excluding diaryl/α,β-unsaturated/α-hetero) is 1. The van der Waals surface area contributed by atoms with Crippen molar-refractivity contribution < 1.29 is 23.6 Å². The molecular weight excluding hydrogens is 414 g/mol. The highest BCUT2D eigenvalue weighted by atomic mass is 16.4. The summed E-state index contributed by atoms with van der Waals surface area (Å²) in [5.74, 6) is -1.90. The molecule has 1 saturated heterocycles. The average molecular weight is 441 g/mol. The van der Waals surface area contributed by atoms with Crippen molar-refractivity contribution in [2.45, 2.75) is 52.6 Å². The fourth-order valence-electron chi connectivity index (χ4n) is 3.41. The highest BCUT2D eigenvalue weighted by molar-refractivity contribution is 6.09. The van der Waals surface area contributed by atoms with Gasteiger partial charge in [0.05, 0.1) is 12.5 Å². The lowest BCUT2D eigenvalue weighted by molar-refractivity contribution is -0.134. The van der Waals surface area contributed by atoms with Crippen molar-refractivity contribution >= 4 is 23.6 Å². The Morgan fingerprint density at radius 1 is 1.22 bits per heavy atom. The molecule has 10 nitrogen and oxygen atoms in total. The van der Waals surface area contributed by atoms with Crippen LogP contribution in [0.4, 0.5) is 4.79 Å². The number of rotatable bonds is 8. The molecule has 0 aliphatic carbocycles. The molecule has 170 valence electrons. The molecule has 2 heterocycles. The minimum Gasteiger partial charge on any atom is -0.418 e. The van der Waals surface area contributed by atoms with E-state index in [1.165, 1.54) is 0 Å². The Kier molecular flexibility index (Phi) is 6.42. The van der Waals surface area contributed by atoms with Gasteiger partial charge in [-0.2, -0.15) is 0 Å². The quantitative estimate of drug-likeness (QED) is 0.469. The molecule has 1 fully saturated rings. The number of hydrogen-bond donors (Lipinski definition) is 2. The topological polar surface area (TPSA) is 134 Å². The van der Waals surface area contributed by atoms with E-state index in [1.54, 1.807) is 27.7 Å². The maximum Gasteiger partial charge on any atom is 0.325 e. The van der Waals surface area contributed by atoms with E-state index in [4.69, 9.17) is 4.42 Å². The van der Waals surface area contributed by atoms with E-state index in [1.807, 2.05) is 31.2 Å². The molecule has 10 heteroatoms. The SMILES string of the molecule is Cc1cccc(Cc2nnc(C(=O)[C@@H](NC(=O)CN3C(=O)NC(C)(C)C3=O)C(C)C)o2)c1. The summed E-state index contributed by atoms with van der Waals surface area (Å²) in [5.41, 5.74) is 0.981. The number of ketones is 1. The van der Waals surface area contributed by atoms with Crippen LogP contribution in [-0.4, -0.2) is 56.9 Å². The Bertz CT molecular complexity index is 1060. The predicted molar refractivity (Wildman–Crippen MR) is 114 cm³/mol. The summed E-state index contributed by atoms with van der Waals surface area (Å²) in [4.78, 5) is 50.6. The van der Waals surface area contributed by atoms with Crippen molar-refractivity contribution in [3.8, 4) is 0 Å². The highest BCUT2D eigenvalue weighted by Crippen LogP contribution is 2.17. The van der Waals surface area contributed by atoms with Gasteiger partial charge < -0.3 is 15.1 Å². The van der Waals surface area contributed by atoms with Crippen LogP contribution in [-0.2, 0) is 16.0 Å². The molecule has 0 unspecified atom stereocenters. The third kappa shape index (κ3) is 5.01. The summed E-state index contributed by atoms with van der Waals surface area (Å²) in [7, 11) is 0. The number of nitrogens with one attached hydrogen (secondary N) is 2. The third-order valence-electron chi connectivity index (χ3n) is 5.13. The molecule has 1 aromatic heterocycles. The van der Waals surface area contributed by atoms with Gasteiger partial charge in [0.2, 0.25) is 17.6 Å². The molecule has 1 atom stereocenters. The summed E-state index contributed by atoms with van der Waals surface area (Å²) < 4.78 is 5.55. The van der Waals surface area contributed by atoms with Gasteiger partial charge in [-0.3, -0.25) is 19.3 Å². The Morgan fingerprint density at radius 3 is 2.53 bits per heavy atom. The molecule has 4 amide bonds. The molecule has 1 aromatic carbocycles. The van der Waals surface area contributed by atoms with Crippen LogP contribution in [0, 0.1) is 12.8 Å². The van der Waals surface area contributed by atoms with Gasteiger partial charge in [0.25, 0.3) is 11.8 Å². The smallest absolute Gasteiger partial charge is 0.325 e. The Hall–Kier alpha value is -3.56. The lowest BCUT2D eigenvalue weighted by Gasteiger charge is -2.21. The second-order valence-electron chi connectivity index (χ2n) is 8.77. The second kappa shape index (κ2) is 8.89. The number of urea groups is 1. The van der Waals surface area contributed by atoms with Gasteiger partial charge in [-0.25, -0.2) is 4.79 Å². The van der Waals surface area contributed by atoms with Gasteiger partial charge >= 0.3 is 6.03 Å². The van der Waals surface area contributed by atoms with Gasteiger partial charge in [-0.05, 0) is 32.3 Å². The minimum absolute atomic E-state index is 0.206. The number of carbonyl (C=O) groups excluding carboxylic acids is 4. The van der Waals surface area contributed by atoms with E-state index < -0.39 is 41.8 Å². The molecule has 0 spiro atoms. The van der Waals surface area contributed by atoms with Crippen molar-refractivity contribution in [1.29, 1.82) is 0 Å². The largest absolute Gasteiger partial charge is 0.418 e. The minimum atomic E-state index is -1.08. The zero-order valence-corrected chi connectivity index (χ0v) is 18.8. The zero-order chi connectivity index (χ0) is 23.6. The van der Waals surface area contributed by atoms with Crippen LogP contribution in [0.3, 0.4) is 0 Å². The van der Waals surface area contributed by atoms with E-state index in [0.29, 0.717) is 6.42 Å². The molecule has 32 heavy (non-hydrogen) atoms. The van der Waals surface area contributed by atoms with Crippen LogP contribution in [0.25, 0.3) is 0 Å². The fraction of sp³-hybridized carbons (Fsp3) is 0.455. The first kappa shape index (κ1) is 23.1. The first-order chi connectivity index (χ1) is 15.0. The van der Waals surface area contributed by atoms with E-state index in [-0.39, 0.29) is 17.7 Å². The van der Waals surface area contributed by atoms with E-state index >= 15 is 0 Å². The van der Waals surface area contributed by atoms with Crippen LogP contribution in [0.5, 0.6) is 0 Å². The first-order valence-electron chi connectivity index (χ1n) is 10.3. The number of hydrogen-bond acceptors (Lipinski definition) is 7. The standard InChI is InChI=1S/C22H27N5O5/c1-12(2)17(23-15(28)11-27-20(30)22(4,5)24-21(27)31)18(29)19-26-25-16(32-19)10-14-8-6-7-13(3)9-14/h6-9,12,17H,10-11H2,1-5H3,(H,23,28)(H,24,31)/t17-/m0/s1. The summed E-state index contributed by atoms with van der Waals surface area (Å²) >= 11 is 0. The molecule has 1 aliphatic heterocycles. The molecule has 1 aliphatic rings. The lowest BCUT2D eigenvalue weighted by atomic mass is 9.99. The van der Waals surface area contributed by atoms with Crippen LogP contribution >= 0.6 is 0 Å². The Morgan fingerprint density at radius 2 is 1.94 bits per heavy atom. The van der Waals surface area contributed by atoms with Crippen molar-refractivity contribution in [2.75, 3.05) is 6.54 Å². The summed E-state index contributed by atoms with van der Waals surface area (Å²) in [5, 5.41) is 12.9. The van der Waals surface area contributed by atoms with Crippen LogP contribution in [0.2, 0.25) is 0 Å². The van der Waals surface area contributed by atoms with E-state index in [9.17, 15) is 19.2 Å². The summed E-state index contributed by atoms with van der Waals surface area (Å²) in [6.07, 6.45) is 0.378. The van der Waals surface area contributed by atoms with Gasteiger partial charge in [0.15, 0.2) is 0 Å². The normalized spacial score (nSPS) is 16.2. The average Bonchev–Trinajstić information content (AvgIpc) is 3.23. The number of aryl methyl sites for hydroxylation is 1. The molecule has 0 radical (unpaired) electrons. The van der Waals surface area contributed by atoms with Crippen molar-refractivity contribution in [2.24, 2.45) is 5.92 Å². The van der Waals surface area contributed by atoms with Crippen LogP contribution in [0.1, 0.15) is 55.4 Å². The Labute approximate surface area is 185 Å². The molecule has 0 bridgehead atoms. The Balaban J connectivity index is 1.67. The van der Waals surface area contributed by atoms with Gasteiger partial charge in [-0.15, -0.1) is 10.2 Å². The van der Waals surface area contributed by atoms with Crippen molar-refractivity contribution in [3.63, 3.8) is 0 Å². The maximum atomic E-state index is 12.9.